The summed E-state index contributed by atoms with van der Waals surface area (Å²) in [5, 5.41) is 9.22. The maximum atomic E-state index is 12.2. The van der Waals surface area contributed by atoms with E-state index in [0.29, 0.717) is 6.54 Å². The summed E-state index contributed by atoms with van der Waals surface area (Å²) in [5.41, 5.74) is 1.83. The summed E-state index contributed by atoms with van der Waals surface area (Å²) < 4.78 is 0. The Labute approximate surface area is 102 Å². The molecule has 1 aliphatic heterocycles. The van der Waals surface area contributed by atoms with E-state index < -0.39 is 0 Å². The first kappa shape index (κ1) is 12.3. The third-order valence-electron chi connectivity index (χ3n) is 3.50. The van der Waals surface area contributed by atoms with Crippen molar-refractivity contribution in [2.24, 2.45) is 0 Å². The first-order valence-corrected chi connectivity index (χ1v) is 6.16. The number of nitrogens with zero attached hydrogens (tertiary/aromatic N) is 1. The Bertz CT molecular complexity index is 403. The van der Waals surface area contributed by atoms with E-state index in [4.69, 9.17) is 0 Å². The van der Waals surface area contributed by atoms with Crippen LogP contribution in [-0.2, 0) is 0 Å². The lowest BCUT2D eigenvalue weighted by atomic mass is 10.0. The average molecular weight is 233 g/mol. The topological polar surface area (TPSA) is 40.5 Å². The molecule has 17 heavy (non-hydrogen) atoms. The highest BCUT2D eigenvalue weighted by molar-refractivity contribution is 5.98. The smallest absolute Gasteiger partial charge is 0.177 e. The summed E-state index contributed by atoms with van der Waals surface area (Å²) in [4.78, 5) is 14.3. The van der Waals surface area contributed by atoms with Gasteiger partial charge >= 0.3 is 0 Å². The standard InChI is InChI=1S/C14H19NO2/c1-11-5-2-3-7-13(11)14(17)9-15-8-4-6-12(15)10-16/h2-3,5,7,12,16H,4,6,8-10H2,1H3. The summed E-state index contributed by atoms with van der Waals surface area (Å²) in [6, 6.07) is 7.84. The van der Waals surface area contributed by atoms with Crippen LogP contribution in [0.2, 0.25) is 0 Å². The molecule has 1 aromatic carbocycles. The molecular formula is C14H19NO2. The lowest BCUT2D eigenvalue weighted by Gasteiger charge is -2.21. The molecule has 3 heteroatoms. The van der Waals surface area contributed by atoms with E-state index in [-0.39, 0.29) is 18.4 Å². The molecule has 1 N–H and O–H groups in total. The van der Waals surface area contributed by atoms with Crippen molar-refractivity contribution in [3.63, 3.8) is 0 Å². The van der Waals surface area contributed by atoms with E-state index in [1.54, 1.807) is 0 Å². The summed E-state index contributed by atoms with van der Waals surface area (Å²) in [7, 11) is 0. The van der Waals surface area contributed by atoms with Crippen molar-refractivity contribution in [3.05, 3.63) is 35.4 Å². The molecule has 3 nitrogen and oxygen atoms in total. The fraction of sp³-hybridized carbons (Fsp3) is 0.500. The third kappa shape index (κ3) is 2.73. The first-order chi connectivity index (χ1) is 8.22. The van der Waals surface area contributed by atoms with Crippen molar-refractivity contribution in [2.75, 3.05) is 19.7 Å². The number of rotatable bonds is 4. The molecule has 1 heterocycles. The van der Waals surface area contributed by atoms with E-state index >= 15 is 0 Å². The quantitative estimate of drug-likeness (QED) is 0.804. The van der Waals surface area contributed by atoms with Crippen LogP contribution in [0.1, 0.15) is 28.8 Å². The lowest BCUT2D eigenvalue weighted by molar-refractivity contribution is 0.0887. The van der Waals surface area contributed by atoms with Crippen molar-refractivity contribution >= 4 is 5.78 Å². The summed E-state index contributed by atoms with van der Waals surface area (Å²) in [6.45, 7) is 3.46. The second-order valence-electron chi connectivity index (χ2n) is 4.69. The maximum absolute atomic E-state index is 12.2. The second-order valence-corrected chi connectivity index (χ2v) is 4.69. The molecule has 1 saturated heterocycles. The number of benzene rings is 1. The predicted molar refractivity (Wildman–Crippen MR) is 67.2 cm³/mol. The molecule has 0 radical (unpaired) electrons. The zero-order valence-electron chi connectivity index (χ0n) is 10.2. The number of carbonyl (C=O) groups excluding carboxylic acids is 1. The average Bonchev–Trinajstić information content (AvgIpc) is 2.76. The van der Waals surface area contributed by atoms with Crippen LogP contribution in [0.25, 0.3) is 0 Å². The minimum Gasteiger partial charge on any atom is -0.395 e. The van der Waals surface area contributed by atoms with E-state index in [1.807, 2.05) is 31.2 Å². The fourth-order valence-electron chi connectivity index (χ4n) is 2.47. The van der Waals surface area contributed by atoms with Crippen LogP contribution in [0, 0.1) is 6.92 Å². The van der Waals surface area contributed by atoms with Gasteiger partial charge in [0.2, 0.25) is 0 Å². The molecule has 2 rings (SSSR count). The number of aliphatic hydroxyl groups excluding tert-OH is 1. The van der Waals surface area contributed by atoms with Gasteiger partial charge in [0.05, 0.1) is 13.2 Å². The van der Waals surface area contributed by atoms with Crippen molar-refractivity contribution in [1.82, 2.24) is 4.90 Å². The van der Waals surface area contributed by atoms with Gasteiger partial charge in [-0.25, -0.2) is 0 Å². The van der Waals surface area contributed by atoms with Gasteiger partial charge in [-0.05, 0) is 31.9 Å². The van der Waals surface area contributed by atoms with Gasteiger partial charge in [-0.15, -0.1) is 0 Å². The molecule has 0 amide bonds. The number of carbonyl (C=O) groups is 1. The zero-order valence-corrected chi connectivity index (χ0v) is 10.2. The molecule has 0 bridgehead atoms. The lowest BCUT2D eigenvalue weighted by Crippen LogP contribution is -2.36. The Morgan fingerprint density at radius 1 is 1.47 bits per heavy atom. The minimum absolute atomic E-state index is 0.154. The van der Waals surface area contributed by atoms with Crippen LogP contribution in [0.15, 0.2) is 24.3 Å². The van der Waals surface area contributed by atoms with Crippen molar-refractivity contribution in [3.8, 4) is 0 Å². The Morgan fingerprint density at radius 3 is 2.94 bits per heavy atom. The molecule has 1 unspecified atom stereocenters. The predicted octanol–water partition coefficient (Wildman–Crippen LogP) is 1.63. The van der Waals surface area contributed by atoms with Gasteiger partial charge in [0, 0.05) is 11.6 Å². The Hall–Kier alpha value is -1.19. The van der Waals surface area contributed by atoms with E-state index in [2.05, 4.69) is 4.90 Å². The highest BCUT2D eigenvalue weighted by Crippen LogP contribution is 2.18. The number of hydrogen-bond donors (Lipinski definition) is 1. The Kier molecular flexibility index (Phi) is 3.92. The number of hydrogen-bond acceptors (Lipinski definition) is 3. The number of aryl methyl sites for hydroxylation is 1. The highest BCUT2D eigenvalue weighted by Gasteiger charge is 2.25. The molecule has 1 fully saturated rings. The summed E-state index contributed by atoms with van der Waals surface area (Å²) in [5.74, 6) is 0.156. The van der Waals surface area contributed by atoms with Crippen molar-refractivity contribution < 1.29 is 9.90 Å². The van der Waals surface area contributed by atoms with Gasteiger partial charge in [-0.2, -0.15) is 0 Å². The second kappa shape index (κ2) is 5.43. The third-order valence-corrected chi connectivity index (χ3v) is 3.50. The Balaban J connectivity index is 2.04. The molecular weight excluding hydrogens is 214 g/mol. The molecule has 1 aliphatic rings. The molecule has 0 saturated carbocycles. The number of Topliss-reactive ketones (excluding diaryl/α,β-unsaturated/α-hetero) is 1. The monoisotopic (exact) mass is 233 g/mol. The summed E-state index contributed by atoms with van der Waals surface area (Å²) in [6.07, 6.45) is 2.07. The summed E-state index contributed by atoms with van der Waals surface area (Å²) >= 11 is 0. The van der Waals surface area contributed by atoms with Gasteiger partial charge in [0.15, 0.2) is 5.78 Å². The fourth-order valence-corrected chi connectivity index (χ4v) is 2.47. The van der Waals surface area contributed by atoms with E-state index in [1.165, 1.54) is 0 Å². The van der Waals surface area contributed by atoms with Crippen LogP contribution in [0.5, 0.6) is 0 Å². The number of likely N-dealkylation sites (tertiary alicyclic amines) is 1. The van der Waals surface area contributed by atoms with Crippen molar-refractivity contribution in [1.29, 1.82) is 0 Å². The molecule has 1 aromatic rings. The molecule has 92 valence electrons. The van der Waals surface area contributed by atoms with Crippen LogP contribution in [0.3, 0.4) is 0 Å². The maximum Gasteiger partial charge on any atom is 0.177 e. The largest absolute Gasteiger partial charge is 0.395 e. The molecule has 1 atom stereocenters. The van der Waals surface area contributed by atoms with Gasteiger partial charge < -0.3 is 5.11 Å². The number of ketones is 1. The zero-order chi connectivity index (χ0) is 12.3. The van der Waals surface area contributed by atoms with Gasteiger partial charge in [-0.3, -0.25) is 9.69 Å². The number of aliphatic hydroxyl groups is 1. The van der Waals surface area contributed by atoms with Crippen molar-refractivity contribution in [2.45, 2.75) is 25.8 Å². The van der Waals surface area contributed by atoms with Gasteiger partial charge in [0.1, 0.15) is 0 Å². The van der Waals surface area contributed by atoms with Gasteiger partial charge in [-0.1, -0.05) is 24.3 Å². The van der Waals surface area contributed by atoms with Crippen LogP contribution >= 0.6 is 0 Å². The van der Waals surface area contributed by atoms with Crippen LogP contribution in [-0.4, -0.2) is 41.5 Å². The first-order valence-electron chi connectivity index (χ1n) is 6.16. The highest BCUT2D eigenvalue weighted by atomic mass is 16.3. The van der Waals surface area contributed by atoms with E-state index in [0.717, 1.165) is 30.5 Å². The molecule has 0 aliphatic carbocycles. The normalized spacial score (nSPS) is 20.7. The SMILES string of the molecule is Cc1ccccc1C(=O)CN1CCCC1CO. The minimum atomic E-state index is 0.154. The molecule has 0 spiro atoms. The van der Waals surface area contributed by atoms with Crippen LogP contribution in [0.4, 0.5) is 0 Å². The molecule has 0 aromatic heterocycles. The van der Waals surface area contributed by atoms with Gasteiger partial charge in [0.25, 0.3) is 0 Å². The van der Waals surface area contributed by atoms with E-state index in [9.17, 15) is 9.90 Å². The van der Waals surface area contributed by atoms with Crippen LogP contribution < -0.4 is 0 Å². The Morgan fingerprint density at radius 2 is 2.24 bits per heavy atom.